The topological polar surface area (TPSA) is 113 Å². The van der Waals surface area contributed by atoms with Gasteiger partial charge in [0.25, 0.3) is 0 Å². The van der Waals surface area contributed by atoms with E-state index >= 15 is 0 Å². The van der Waals surface area contributed by atoms with Gasteiger partial charge in [-0.1, -0.05) is 0 Å². The van der Waals surface area contributed by atoms with Crippen LogP contribution in [0.3, 0.4) is 0 Å². The summed E-state index contributed by atoms with van der Waals surface area (Å²) in [5.41, 5.74) is 5.45. The highest BCUT2D eigenvalue weighted by molar-refractivity contribution is 5.72. The average molecular weight is 211 g/mol. The molecular formula is C8H13N5O2. The first-order valence-corrected chi connectivity index (χ1v) is 4.39. The first-order chi connectivity index (χ1) is 7.09. The minimum absolute atomic E-state index is 0.0992. The van der Waals surface area contributed by atoms with Crippen molar-refractivity contribution in [2.45, 2.75) is 6.92 Å². The molecule has 1 aromatic rings. The van der Waals surface area contributed by atoms with E-state index in [1.165, 1.54) is 13.1 Å². The van der Waals surface area contributed by atoms with E-state index in [-0.39, 0.29) is 23.4 Å². The third-order valence-electron chi connectivity index (χ3n) is 1.58. The van der Waals surface area contributed by atoms with Gasteiger partial charge in [0.1, 0.15) is 5.69 Å². The number of nitrogens with two attached hydrogens (primary N) is 1. The number of carbonyl (C=O) groups is 1. The number of aromatic hydroxyl groups is 1. The van der Waals surface area contributed by atoms with E-state index in [1.807, 2.05) is 0 Å². The maximum absolute atomic E-state index is 10.5. The highest BCUT2D eigenvalue weighted by Gasteiger charge is 2.01. The molecule has 0 atom stereocenters. The van der Waals surface area contributed by atoms with Crippen LogP contribution in [-0.4, -0.2) is 34.1 Å². The number of amides is 1. The molecule has 7 nitrogen and oxygen atoms in total. The van der Waals surface area contributed by atoms with Crippen molar-refractivity contribution in [3.05, 3.63) is 6.20 Å². The predicted molar refractivity (Wildman–Crippen MR) is 55.3 cm³/mol. The molecule has 0 aliphatic carbocycles. The number of hydrogen-bond donors (Lipinski definition) is 4. The van der Waals surface area contributed by atoms with E-state index in [2.05, 4.69) is 20.6 Å². The lowest BCUT2D eigenvalue weighted by Crippen LogP contribution is -2.26. The summed E-state index contributed by atoms with van der Waals surface area (Å²) in [5, 5.41) is 14.6. The molecule has 82 valence electrons. The quantitative estimate of drug-likeness (QED) is 0.490. The van der Waals surface area contributed by atoms with Gasteiger partial charge in [-0.15, -0.1) is 0 Å². The summed E-state index contributed by atoms with van der Waals surface area (Å²) in [6.07, 6.45) is 1.31. The highest BCUT2D eigenvalue weighted by atomic mass is 16.3. The second-order valence-corrected chi connectivity index (χ2v) is 2.88. The fourth-order valence-electron chi connectivity index (χ4n) is 0.880. The monoisotopic (exact) mass is 211 g/mol. The van der Waals surface area contributed by atoms with Gasteiger partial charge in [-0.25, -0.2) is 4.98 Å². The Kier molecular flexibility index (Phi) is 3.67. The summed E-state index contributed by atoms with van der Waals surface area (Å²) in [5.74, 6) is -0.0862. The zero-order chi connectivity index (χ0) is 11.3. The Morgan fingerprint density at radius 2 is 2.33 bits per heavy atom. The third kappa shape index (κ3) is 3.67. The maximum atomic E-state index is 10.5. The Labute approximate surface area is 86.7 Å². The number of rotatable bonds is 4. The van der Waals surface area contributed by atoms with Crippen LogP contribution in [0, 0.1) is 0 Å². The Hall–Kier alpha value is -2.05. The third-order valence-corrected chi connectivity index (χ3v) is 1.58. The van der Waals surface area contributed by atoms with Gasteiger partial charge in [-0.2, -0.15) is 4.98 Å². The first-order valence-electron chi connectivity index (χ1n) is 4.39. The van der Waals surface area contributed by atoms with E-state index in [9.17, 15) is 4.79 Å². The predicted octanol–water partition coefficient (Wildman–Crippen LogP) is -0.688. The van der Waals surface area contributed by atoms with Crippen molar-refractivity contribution in [1.29, 1.82) is 0 Å². The Bertz CT molecular complexity index is 355. The minimum Gasteiger partial charge on any atom is -0.492 e. The van der Waals surface area contributed by atoms with Crippen LogP contribution in [0.5, 0.6) is 5.88 Å². The lowest BCUT2D eigenvalue weighted by molar-refractivity contribution is -0.118. The molecule has 0 spiro atoms. The molecule has 0 saturated carbocycles. The van der Waals surface area contributed by atoms with Gasteiger partial charge in [0.15, 0.2) is 0 Å². The summed E-state index contributed by atoms with van der Waals surface area (Å²) in [4.78, 5) is 18.0. The average Bonchev–Trinajstić information content (AvgIpc) is 2.18. The van der Waals surface area contributed by atoms with Gasteiger partial charge in [-0.3, -0.25) is 4.79 Å². The molecule has 7 heteroatoms. The molecule has 0 saturated heterocycles. The molecule has 0 aromatic carbocycles. The van der Waals surface area contributed by atoms with Crippen LogP contribution in [-0.2, 0) is 4.79 Å². The molecule has 0 unspecified atom stereocenters. The van der Waals surface area contributed by atoms with Crippen LogP contribution in [0.15, 0.2) is 6.20 Å². The molecule has 0 aliphatic rings. The molecule has 1 heterocycles. The Morgan fingerprint density at radius 3 is 2.93 bits per heavy atom. The molecule has 0 radical (unpaired) electrons. The van der Waals surface area contributed by atoms with Crippen LogP contribution in [0.1, 0.15) is 6.92 Å². The lowest BCUT2D eigenvalue weighted by atomic mass is 10.5. The zero-order valence-electron chi connectivity index (χ0n) is 8.32. The first kappa shape index (κ1) is 11.0. The fourth-order valence-corrected chi connectivity index (χ4v) is 0.880. The van der Waals surface area contributed by atoms with Gasteiger partial charge in [0, 0.05) is 20.0 Å². The highest BCUT2D eigenvalue weighted by Crippen LogP contribution is 2.15. The number of anilines is 2. The van der Waals surface area contributed by atoms with Crippen molar-refractivity contribution in [2.24, 2.45) is 0 Å². The molecule has 1 rings (SSSR count). The normalized spacial score (nSPS) is 9.67. The number of nitrogens with one attached hydrogen (secondary N) is 2. The van der Waals surface area contributed by atoms with Gasteiger partial charge in [0.05, 0.1) is 6.20 Å². The lowest BCUT2D eigenvalue weighted by Gasteiger charge is -2.05. The van der Waals surface area contributed by atoms with Gasteiger partial charge in [-0.05, 0) is 0 Å². The molecule has 15 heavy (non-hydrogen) atoms. The van der Waals surface area contributed by atoms with E-state index in [0.717, 1.165) is 0 Å². The van der Waals surface area contributed by atoms with Crippen molar-refractivity contribution in [1.82, 2.24) is 15.3 Å². The number of nitrogens with zero attached hydrogens (tertiary/aromatic N) is 2. The number of nitrogen functional groups attached to an aromatic ring is 1. The van der Waals surface area contributed by atoms with E-state index < -0.39 is 0 Å². The van der Waals surface area contributed by atoms with Crippen molar-refractivity contribution in [3.63, 3.8) is 0 Å². The summed E-state index contributed by atoms with van der Waals surface area (Å²) < 4.78 is 0. The van der Waals surface area contributed by atoms with Gasteiger partial charge in [0.2, 0.25) is 17.7 Å². The van der Waals surface area contributed by atoms with Crippen molar-refractivity contribution < 1.29 is 9.90 Å². The largest absolute Gasteiger partial charge is 0.492 e. The van der Waals surface area contributed by atoms with Crippen LogP contribution in [0.4, 0.5) is 11.6 Å². The number of hydrogen-bond acceptors (Lipinski definition) is 6. The van der Waals surface area contributed by atoms with Gasteiger partial charge < -0.3 is 21.5 Å². The standard InChI is InChI=1S/C8H13N5O2/c1-5(14)10-2-3-11-8-12-4-6(9)7(15)13-8/h4H,2-3,9H2,1H3,(H,10,14)(H2,11,12,13,15). The molecular weight excluding hydrogens is 198 g/mol. The minimum atomic E-state index is -0.257. The van der Waals surface area contributed by atoms with Crippen LogP contribution >= 0.6 is 0 Å². The van der Waals surface area contributed by atoms with Crippen LogP contribution in [0.2, 0.25) is 0 Å². The Morgan fingerprint density at radius 1 is 1.60 bits per heavy atom. The van der Waals surface area contributed by atoms with Crippen molar-refractivity contribution in [3.8, 4) is 5.88 Å². The fraction of sp³-hybridized carbons (Fsp3) is 0.375. The number of carbonyl (C=O) groups excluding carboxylic acids is 1. The molecule has 1 amide bonds. The zero-order valence-corrected chi connectivity index (χ0v) is 8.32. The van der Waals surface area contributed by atoms with E-state index in [4.69, 9.17) is 10.8 Å². The van der Waals surface area contributed by atoms with Crippen molar-refractivity contribution in [2.75, 3.05) is 24.1 Å². The van der Waals surface area contributed by atoms with Crippen LogP contribution in [0.25, 0.3) is 0 Å². The maximum Gasteiger partial charge on any atom is 0.239 e. The summed E-state index contributed by atoms with van der Waals surface area (Å²) in [6.45, 7) is 2.37. The SMILES string of the molecule is CC(=O)NCCNc1ncc(N)c(O)n1. The molecule has 0 fully saturated rings. The molecule has 1 aromatic heterocycles. The molecule has 0 bridgehead atoms. The summed E-state index contributed by atoms with van der Waals surface area (Å²) >= 11 is 0. The smallest absolute Gasteiger partial charge is 0.239 e. The molecule has 0 aliphatic heterocycles. The van der Waals surface area contributed by atoms with Crippen molar-refractivity contribution >= 4 is 17.5 Å². The second kappa shape index (κ2) is 4.99. The van der Waals surface area contributed by atoms with Crippen LogP contribution < -0.4 is 16.4 Å². The molecule has 5 N–H and O–H groups in total. The van der Waals surface area contributed by atoms with E-state index in [1.54, 1.807) is 0 Å². The summed E-state index contributed by atoms with van der Waals surface area (Å²) in [6, 6.07) is 0. The van der Waals surface area contributed by atoms with Gasteiger partial charge >= 0.3 is 0 Å². The second-order valence-electron chi connectivity index (χ2n) is 2.88. The van der Waals surface area contributed by atoms with E-state index in [0.29, 0.717) is 13.1 Å². The number of aromatic nitrogens is 2. The Balaban J connectivity index is 2.38. The summed E-state index contributed by atoms with van der Waals surface area (Å²) in [7, 11) is 0.